The number of para-hydroxylation sites is 3. The Bertz CT molecular complexity index is 1880. The van der Waals surface area contributed by atoms with Crippen LogP contribution in [0.5, 0.6) is 0 Å². The van der Waals surface area contributed by atoms with E-state index in [0.29, 0.717) is 21.9 Å². The number of thiophene rings is 1. The highest BCUT2D eigenvalue weighted by molar-refractivity contribution is 7.26. The third-order valence-corrected chi connectivity index (χ3v) is 7.63. The summed E-state index contributed by atoms with van der Waals surface area (Å²) in [6.45, 7) is 0. The molecule has 2 heterocycles. The summed E-state index contributed by atoms with van der Waals surface area (Å²) in [6, 6.07) is 38.7. The molecule has 0 spiro atoms. The largest absolute Gasteiger partial charge is 0.456 e. The number of anilines is 3. The van der Waals surface area contributed by atoms with E-state index < -0.39 is 0 Å². The Morgan fingerprint density at radius 2 is 1.23 bits per heavy atom. The number of hydrogen-bond donors (Lipinski definition) is 0. The molecule has 3 nitrogen and oxygen atoms in total. The predicted molar refractivity (Wildman–Crippen MR) is 148 cm³/mol. The standard InChI is InChI=1S/C31H19NO2S/c33-30-23-14-7-8-17-27(23)34-28-18-24-22-15-9-16-26(31(22)35-29(24)19-25(28)30)32(20-10-3-1-4-11-20)21-12-5-2-6-13-21/h1-19H. The molecule has 0 unspecified atom stereocenters. The van der Waals surface area contributed by atoms with E-state index in [1.165, 1.54) is 4.70 Å². The van der Waals surface area contributed by atoms with Gasteiger partial charge in [0.2, 0.25) is 5.43 Å². The Morgan fingerprint density at radius 3 is 1.97 bits per heavy atom. The van der Waals surface area contributed by atoms with E-state index in [1.807, 2.05) is 48.5 Å². The minimum atomic E-state index is 0.0108. The molecule has 0 aliphatic heterocycles. The molecular weight excluding hydrogens is 450 g/mol. The highest BCUT2D eigenvalue weighted by Crippen LogP contribution is 2.45. The average molecular weight is 470 g/mol. The fraction of sp³-hybridized carbons (Fsp3) is 0. The van der Waals surface area contributed by atoms with Crippen molar-refractivity contribution < 1.29 is 4.42 Å². The number of benzene rings is 5. The zero-order chi connectivity index (χ0) is 23.4. The molecule has 0 amide bonds. The van der Waals surface area contributed by atoms with Gasteiger partial charge < -0.3 is 9.32 Å². The molecule has 2 aromatic heterocycles. The van der Waals surface area contributed by atoms with Crippen molar-refractivity contribution in [3.8, 4) is 0 Å². The van der Waals surface area contributed by atoms with Crippen molar-refractivity contribution in [1.29, 1.82) is 0 Å². The Kier molecular flexibility index (Phi) is 4.47. The third kappa shape index (κ3) is 3.15. The van der Waals surface area contributed by atoms with Crippen LogP contribution < -0.4 is 10.3 Å². The fourth-order valence-corrected chi connectivity index (χ4v) is 6.06. The molecule has 4 heteroatoms. The molecule has 5 aromatic carbocycles. The fourth-order valence-electron chi connectivity index (χ4n) is 4.84. The van der Waals surface area contributed by atoms with Gasteiger partial charge >= 0.3 is 0 Å². The second-order valence-corrected chi connectivity index (χ2v) is 9.59. The molecule has 0 N–H and O–H groups in total. The molecule has 0 radical (unpaired) electrons. The molecule has 7 rings (SSSR count). The van der Waals surface area contributed by atoms with Gasteiger partial charge in [0, 0.05) is 26.8 Å². The van der Waals surface area contributed by atoms with Crippen molar-refractivity contribution in [2.75, 3.05) is 4.90 Å². The quantitative estimate of drug-likeness (QED) is 0.243. The summed E-state index contributed by atoms with van der Waals surface area (Å²) in [4.78, 5) is 15.5. The van der Waals surface area contributed by atoms with Crippen LogP contribution in [0.1, 0.15) is 0 Å². The lowest BCUT2D eigenvalue weighted by atomic mass is 10.1. The number of rotatable bonds is 3. The van der Waals surface area contributed by atoms with Crippen LogP contribution in [-0.2, 0) is 0 Å². The lowest BCUT2D eigenvalue weighted by Crippen LogP contribution is -2.09. The van der Waals surface area contributed by atoms with E-state index in [1.54, 1.807) is 11.3 Å². The van der Waals surface area contributed by atoms with Gasteiger partial charge in [0.25, 0.3) is 0 Å². The highest BCUT2D eigenvalue weighted by Gasteiger charge is 2.18. The van der Waals surface area contributed by atoms with Crippen molar-refractivity contribution in [1.82, 2.24) is 0 Å². The Hall–Kier alpha value is -4.41. The van der Waals surface area contributed by atoms with Crippen LogP contribution in [-0.4, -0.2) is 0 Å². The van der Waals surface area contributed by atoms with Crippen molar-refractivity contribution in [3.63, 3.8) is 0 Å². The van der Waals surface area contributed by atoms with Gasteiger partial charge in [0.1, 0.15) is 11.2 Å². The SMILES string of the molecule is O=c1c2ccccc2oc2cc3c(cc12)sc1c(N(c2ccccc2)c2ccccc2)cccc13. The first-order chi connectivity index (χ1) is 17.3. The van der Waals surface area contributed by atoms with Gasteiger partial charge in [-0.3, -0.25) is 4.79 Å². The Morgan fingerprint density at radius 1 is 0.571 bits per heavy atom. The van der Waals surface area contributed by atoms with Crippen molar-refractivity contribution in [2.45, 2.75) is 0 Å². The van der Waals surface area contributed by atoms with Crippen LogP contribution in [0.25, 0.3) is 42.1 Å². The molecule has 35 heavy (non-hydrogen) atoms. The zero-order valence-corrected chi connectivity index (χ0v) is 19.5. The van der Waals surface area contributed by atoms with Gasteiger partial charge in [0.15, 0.2) is 0 Å². The molecule has 0 aliphatic rings. The maximum Gasteiger partial charge on any atom is 0.200 e. The summed E-state index contributed by atoms with van der Waals surface area (Å²) < 4.78 is 8.41. The normalized spacial score (nSPS) is 11.5. The summed E-state index contributed by atoms with van der Waals surface area (Å²) in [7, 11) is 0. The lowest BCUT2D eigenvalue weighted by Gasteiger charge is -2.25. The first kappa shape index (κ1) is 20.0. The van der Waals surface area contributed by atoms with Gasteiger partial charge in [-0.15, -0.1) is 11.3 Å². The zero-order valence-electron chi connectivity index (χ0n) is 18.6. The molecule has 7 aromatic rings. The molecule has 0 bridgehead atoms. The van der Waals surface area contributed by atoms with Crippen LogP contribution >= 0.6 is 11.3 Å². The first-order valence-corrected chi connectivity index (χ1v) is 12.3. The summed E-state index contributed by atoms with van der Waals surface area (Å²) in [5, 5.41) is 3.48. The van der Waals surface area contributed by atoms with E-state index in [-0.39, 0.29) is 5.43 Å². The topological polar surface area (TPSA) is 33.5 Å². The maximum absolute atomic E-state index is 13.2. The average Bonchev–Trinajstić information content (AvgIpc) is 3.28. The molecule has 0 atom stereocenters. The molecule has 0 saturated heterocycles. The molecular formula is C31H19NO2S. The third-order valence-electron chi connectivity index (χ3n) is 6.44. The van der Waals surface area contributed by atoms with Gasteiger partial charge in [-0.25, -0.2) is 0 Å². The van der Waals surface area contributed by atoms with E-state index in [2.05, 4.69) is 71.6 Å². The van der Waals surface area contributed by atoms with Gasteiger partial charge in [0.05, 0.1) is 21.2 Å². The van der Waals surface area contributed by atoms with E-state index in [4.69, 9.17) is 4.42 Å². The number of nitrogens with zero attached hydrogens (tertiary/aromatic N) is 1. The van der Waals surface area contributed by atoms with Crippen LogP contribution in [0.4, 0.5) is 17.1 Å². The summed E-state index contributed by atoms with van der Waals surface area (Å²) in [5.41, 5.74) is 4.54. The predicted octanol–water partition coefficient (Wildman–Crippen LogP) is 8.78. The van der Waals surface area contributed by atoms with E-state index >= 15 is 0 Å². The molecule has 0 aliphatic carbocycles. The van der Waals surface area contributed by atoms with Crippen molar-refractivity contribution in [2.24, 2.45) is 0 Å². The van der Waals surface area contributed by atoms with Gasteiger partial charge in [-0.05, 0) is 54.6 Å². The number of fused-ring (bicyclic) bond motifs is 5. The lowest BCUT2D eigenvalue weighted by molar-refractivity contribution is 0.660. The van der Waals surface area contributed by atoms with E-state index in [9.17, 15) is 4.79 Å². The van der Waals surface area contributed by atoms with E-state index in [0.717, 1.165) is 32.5 Å². The first-order valence-electron chi connectivity index (χ1n) is 11.5. The van der Waals surface area contributed by atoms with Crippen molar-refractivity contribution in [3.05, 3.63) is 125 Å². The number of hydrogen-bond acceptors (Lipinski definition) is 4. The summed E-state index contributed by atoms with van der Waals surface area (Å²) in [6.07, 6.45) is 0. The molecule has 166 valence electrons. The van der Waals surface area contributed by atoms with Gasteiger partial charge in [-0.2, -0.15) is 0 Å². The molecule has 0 fully saturated rings. The van der Waals surface area contributed by atoms with Crippen LogP contribution in [0.3, 0.4) is 0 Å². The monoisotopic (exact) mass is 469 g/mol. The van der Waals surface area contributed by atoms with Crippen LogP contribution in [0.2, 0.25) is 0 Å². The second kappa shape index (κ2) is 7.83. The minimum absolute atomic E-state index is 0.0108. The smallest absolute Gasteiger partial charge is 0.200 e. The second-order valence-electron chi connectivity index (χ2n) is 8.53. The van der Waals surface area contributed by atoms with Crippen LogP contribution in [0, 0.1) is 0 Å². The van der Waals surface area contributed by atoms with Crippen LogP contribution in [0.15, 0.2) is 124 Å². The van der Waals surface area contributed by atoms with Gasteiger partial charge in [-0.1, -0.05) is 60.7 Å². The van der Waals surface area contributed by atoms with Crippen molar-refractivity contribution >= 4 is 70.5 Å². The maximum atomic E-state index is 13.2. The summed E-state index contributed by atoms with van der Waals surface area (Å²) >= 11 is 1.71. The molecule has 0 saturated carbocycles. The Labute approximate surface area is 205 Å². The minimum Gasteiger partial charge on any atom is -0.456 e. The Balaban J connectivity index is 1.54. The summed E-state index contributed by atoms with van der Waals surface area (Å²) in [5.74, 6) is 0. The highest BCUT2D eigenvalue weighted by atomic mass is 32.1.